The Morgan fingerprint density at radius 2 is 1.84 bits per heavy atom. The summed E-state index contributed by atoms with van der Waals surface area (Å²) in [4.78, 5) is 17.0. The smallest absolute Gasteiger partial charge is 0.227 e. The minimum absolute atomic E-state index is 0. The third kappa shape index (κ3) is 6.41. The molecule has 3 rings (SSSR count). The van der Waals surface area contributed by atoms with E-state index in [1.807, 2.05) is 17.0 Å². The van der Waals surface area contributed by atoms with Crippen molar-refractivity contribution in [2.75, 3.05) is 39.3 Å². The lowest BCUT2D eigenvalue weighted by Crippen LogP contribution is -2.44. The fraction of sp³-hybridized carbons (Fsp3) is 0.611. The maximum Gasteiger partial charge on any atom is 0.227 e. The lowest BCUT2D eigenvalue weighted by molar-refractivity contribution is -0.135. The van der Waals surface area contributed by atoms with Crippen molar-refractivity contribution in [1.29, 1.82) is 0 Å². The molecule has 0 spiro atoms. The van der Waals surface area contributed by atoms with Crippen molar-refractivity contribution in [3.63, 3.8) is 0 Å². The van der Waals surface area contributed by atoms with E-state index >= 15 is 0 Å². The molecule has 1 aromatic rings. The van der Waals surface area contributed by atoms with Crippen molar-refractivity contribution in [3.05, 3.63) is 35.6 Å². The molecule has 2 aliphatic heterocycles. The average molecular weight is 392 g/mol. The third-order valence-corrected chi connectivity index (χ3v) is 4.87. The van der Waals surface area contributed by atoms with Crippen molar-refractivity contribution in [2.45, 2.75) is 25.8 Å². The quantitative estimate of drug-likeness (QED) is 0.859. The van der Waals surface area contributed by atoms with Gasteiger partial charge in [0.15, 0.2) is 0 Å². The number of amides is 1. The molecule has 7 heteroatoms. The van der Waals surface area contributed by atoms with Crippen molar-refractivity contribution in [1.82, 2.24) is 15.1 Å². The highest BCUT2D eigenvalue weighted by atomic mass is 35.5. The number of rotatable bonds is 3. The minimum atomic E-state index is -0.192. The molecule has 1 unspecified atom stereocenters. The number of nitrogens with zero attached hydrogens (tertiary/aromatic N) is 2. The molecule has 0 aromatic heterocycles. The Bertz CT molecular complexity index is 524. The number of carbonyl (C=O) groups is 1. The van der Waals surface area contributed by atoms with Gasteiger partial charge in [0, 0.05) is 39.3 Å². The van der Waals surface area contributed by atoms with Gasteiger partial charge >= 0.3 is 0 Å². The van der Waals surface area contributed by atoms with Crippen LogP contribution in [-0.2, 0) is 11.3 Å². The Labute approximate surface area is 162 Å². The molecular weight excluding hydrogens is 364 g/mol. The highest BCUT2D eigenvalue weighted by Crippen LogP contribution is 2.16. The van der Waals surface area contributed by atoms with Crippen LogP contribution in [0, 0.1) is 11.7 Å². The normalized spacial score (nSPS) is 21.6. The van der Waals surface area contributed by atoms with Gasteiger partial charge in [0.1, 0.15) is 5.82 Å². The van der Waals surface area contributed by atoms with E-state index in [0.717, 1.165) is 70.6 Å². The molecule has 0 aliphatic carbocycles. The molecule has 0 saturated carbocycles. The lowest BCUT2D eigenvalue weighted by Gasteiger charge is -2.29. The fourth-order valence-corrected chi connectivity index (χ4v) is 3.52. The Kier molecular flexibility index (Phi) is 9.72. The van der Waals surface area contributed by atoms with Crippen LogP contribution in [0.2, 0.25) is 0 Å². The van der Waals surface area contributed by atoms with E-state index < -0.39 is 0 Å². The Morgan fingerprint density at radius 1 is 1.08 bits per heavy atom. The summed E-state index contributed by atoms with van der Waals surface area (Å²) >= 11 is 0. The predicted molar refractivity (Wildman–Crippen MR) is 103 cm³/mol. The van der Waals surface area contributed by atoms with Crippen LogP contribution in [0.25, 0.3) is 0 Å². The number of nitrogens with one attached hydrogen (secondary N) is 1. The molecule has 1 amide bonds. The van der Waals surface area contributed by atoms with Crippen LogP contribution in [0.1, 0.15) is 24.8 Å². The summed E-state index contributed by atoms with van der Waals surface area (Å²) in [5.41, 5.74) is 1.13. The Morgan fingerprint density at radius 3 is 2.52 bits per heavy atom. The van der Waals surface area contributed by atoms with Crippen LogP contribution in [0.5, 0.6) is 0 Å². The van der Waals surface area contributed by atoms with Crippen LogP contribution < -0.4 is 5.32 Å². The molecule has 25 heavy (non-hydrogen) atoms. The largest absolute Gasteiger partial charge is 0.341 e. The van der Waals surface area contributed by atoms with E-state index in [4.69, 9.17) is 0 Å². The van der Waals surface area contributed by atoms with Gasteiger partial charge in [-0.25, -0.2) is 4.39 Å². The number of carbonyl (C=O) groups excluding carboxylic acids is 1. The predicted octanol–water partition coefficient (Wildman–Crippen LogP) is 2.70. The fourth-order valence-electron chi connectivity index (χ4n) is 3.52. The summed E-state index contributed by atoms with van der Waals surface area (Å²) < 4.78 is 13.0. The van der Waals surface area contributed by atoms with E-state index in [-0.39, 0.29) is 36.5 Å². The van der Waals surface area contributed by atoms with Gasteiger partial charge < -0.3 is 10.2 Å². The van der Waals surface area contributed by atoms with Crippen molar-refractivity contribution in [3.8, 4) is 0 Å². The summed E-state index contributed by atoms with van der Waals surface area (Å²) in [6, 6.07) is 6.71. The molecule has 1 N–H and O–H groups in total. The summed E-state index contributed by atoms with van der Waals surface area (Å²) in [6.45, 7) is 6.23. The molecule has 4 nitrogen and oxygen atoms in total. The SMILES string of the molecule is Cl.Cl.O=C(C1CCCNC1)N1CCCN(Cc2ccc(F)cc2)CC1. The second kappa shape index (κ2) is 11.0. The van der Waals surface area contributed by atoms with E-state index in [2.05, 4.69) is 10.2 Å². The molecule has 0 radical (unpaired) electrons. The van der Waals surface area contributed by atoms with Gasteiger partial charge in [-0.3, -0.25) is 9.69 Å². The molecule has 142 valence electrons. The molecule has 1 atom stereocenters. The number of piperidine rings is 1. The van der Waals surface area contributed by atoms with Gasteiger partial charge in [-0.05, 0) is 43.5 Å². The van der Waals surface area contributed by atoms with Crippen molar-refractivity contribution < 1.29 is 9.18 Å². The second-order valence-corrected chi connectivity index (χ2v) is 6.62. The van der Waals surface area contributed by atoms with Gasteiger partial charge in [0.05, 0.1) is 5.92 Å². The molecule has 2 fully saturated rings. The number of halogens is 3. The second-order valence-electron chi connectivity index (χ2n) is 6.62. The van der Waals surface area contributed by atoms with E-state index in [1.165, 1.54) is 12.1 Å². The van der Waals surface area contributed by atoms with E-state index in [9.17, 15) is 9.18 Å². The lowest BCUT2D eigenvalue weighted by atomic mass is 9.98. The maximum absolute atomic E-state index is 13.0. The van der Waals surface area contributed by atoms with Gasteiger partial charge in [0.2, 0.25) is 5.91 Å². The maximum atomic E-state index is 13.0. The summed E-state index contributed by atoms with van der Waals surface area (Å²) in [7, 11) is 0. The first-order valence-corrected chi connectivity index (χ1v) is 8.69. The number of benzene rings is 1. The average Bonchev–Trinajstić information content (AvgIpc) is 2.83. The van der Waals surface area contributed by atoms with Gasteiger partial charge in [0.25, 0.3) is 0 Å². The molecular formula is C18H28Cl2FN3O. The standard InChI is InChI=1S/C18H26FN3O.2ClH/c19-17-6-4-15(5-7-17)14-21-9-2-10-22(12-11-21)18(23)16-3-1-8-20-13-16;;/h4-7,16,20H,1-3,8-14H2;2*1H. The van der Waals surface area contributed by atoms with E-state index in [0.29, 0.717) is 5.91 Å². The van der Waals surface area contributed by atoms with Crippen molar-refractivity contribution in [2.24, 2.45) is 5.92 Å². The molecule has 2 heterocycles. The first kappa shape index (κ1) is 22.2. The zero-order valence-corrected chi connectivity index (χ0v) is 16.1. The van der Waals surface area contributed by atoms with Gasteiger partial charge in [-0.15, -0.1) is 24.8 Å². The van der Waals surface area contributed by atoms with Crippen molar-refractivity contribution >= 4 is 30.7 Å². The molecule has 0 bridgehead atoms. The van der Waals surface area contributed by atoms with Gasteiger partial charge in [-0.1, -0.05) is 12.1 Å². The number of hydrogen-bond donors (Lipinski definition) is 1. The first-order chi connectivity index (χ1) is 11.2. The zero-order valence-electron chi connectivity index (χ0n) is 14.5. The topological polar surface area (TPSA) is 35.6 Å². The van der Waals surface area contributed by atoms with Crippen LogP contribution in [0.4, 0.5) is 4.39 Å². The first-order valence-electron chi connectivity index (χ1n) is 8.69. The summed E-state index contributed by atoms with van der Waals surface area (Å²) in [5.74, 6) is 0.288. The highest BCUT2D eigenvalue weighted by Gasteiger charge is 2.27. The summed E-state index contributed by atoms with van der Waals surface area (Å²) in [6.07, 6.45) is 3.12. The van der Waals surface area contributed by atoms with Gasteiger partial charge in [-0.2, -0.15) is 0 Å². The minimum Gasteiger partial charge on any atom is -0.341 e. The molecule has 2 aliphatic rings. The highest BCUT2D eigenvalue weighted by molar-refractivity contribution is 5.85. The van der Waals surface area contributed by atoms with E-state index in [1.54, 1.807) is 0 Å². The molecule has 2 saturated heterocycles. The van der Waals surface area contributed by atoms with Crippen LogP contribution >= 0.6 is 24.8 Å². The monoisotopic (exact) mass is 391 g/mol. The summed E-state index contributed by atoms with van der Waals surface area (Å²) in [5, 5.41) is 3.33. The van der Waals surface area contributed by atoms with Crippen LogP contribution in [0.15, 0.2) is 24.3 Å². The zero-order chi connectivity index (χ0) is 16.1. The third-order valence-electron chi connectivity index (χ3n) is 4.87. The van der Waals surface area contributed by atoms with Crippen LogP contribution in [-0.4, -0.2) is 55.0 Å². The Hall–Kier alpha value is -0.880. The number of hydrogen-bond acceptors (Lipinski definition) is 3. The van der Waals surface area contributed by atoms with Crippen LogP contribution in [0.3, 0.4) is 0 Å². The molecule has 1 aromatic carbocycles. The Balaban J connectivity index is 0.00000156.